The zero-order valence-electron chi connectivity index (χ0n) is 59.1. The molecule has 6 aromatic heterocycles. The van der Waals surface area contributed by atoms with E-state index in [2.05, 4.69) is 343 Å². The molecule has 0 spiro atoms. The van der Waals surface area contributed by atoms with Crippen molar-refractivity contribution in [2.75, 3.05) is 19.6 Å². The summed E-state index contributed by atoms with van der Waals surface area (Å²) in [5.74, 6) is 1.80. The van der Waals surface area contributed by atoms with Crippen LogP contribution in [0.25, 0.3) is 77.8 Å². The Balaban J connectivity index is 0.000000147. The van der Waals surface area contributed by atoms with E-state index in [1.807, 2.05) is 67.3 Å². The minimum absolute atomic E-state index is 0.0106. The highest BCUT2D eigenvalue weighted by molar-refractivity contribution is 7.00. The van der Waals surface area contributed by atoms with E-state index in [4.69, 9.17) is 26.6 Å². The molecule has 18 aromatic rings. The minimum Gasteiger partial charge on any atom is -0.338 e. The lowest BCUT2D eigenvalue weighted by molar-refractivity contribution is 0.959. The second kappa shape index (κ2) is 28.5. The first kappa shape index (κ1) is 65.2. The second-order valence-electron chi connectivity index (χ2n) is 27.5. The van der Waals surface area contributed by atoms with E-state index in [9.17, 15) is 0 Å². The molecule has 0 saturated heterocycles. The maximum Gasteiger partial charge on any atom is 0.252 e. The molecule has 108 heavy (non-hydrogen) atoms. The Kier molecular flexibility index (Phi) is 17.2. The van der Waals surface area contributed by atoms with Gasteiger partial charge in [0.15, 0.2) is 0 Å². The van der Waals surface area contributed by atoms with Crippen molar-refractivity contribution < 1.29 is 0 Å². The van der Waals surface area contributed by atoms with E-state index >= 15 is 0 Å². The number of nitrogens with zero attached hydrogens (tertiary/aromatic N) is 10. The SMILES string of the molecule is Clc1c(N(Cc2ccccc2)c2ccc(-c3ccccn3)cc2)cccc1N(Cc1ccccc1)c1ccc2c(c1)c1ccccc1n2-c1ccccn1.c1ccc(CN2c3ccc(-c4ccccn4)cc3B3c4cc5c(cc4N(Cc4ccccc4)c4cccc2c43)c2ccccc2n5-c2ccccn2)cc1. The minimum atomic E-state index is -0.0106. The fourth-order valence-electron chi connectivity index (χ4n) is 16.2. The van der Waals surface area contributed by atoms with Crippen LogP contribution in [0.15, 0.2) is 377 Å². The van der Waals surface area contributed by atoms with E-state index in [1.54, 1.807) is 0 Å². The quantitative estimate of drug-likeness (QED) is 0.0886. The van der Waals surface area contributed by atoms with Crippen LogP contribution in [-0.4, -0.2) is 35.8 Å². The maximum absolute atomic E-state index is 7.65. The number of anilines is 8. The van der Waals surface area contributed by atoms with Gasteiger partial charge in [0.05, 0.1) is 49.9 Å². The fraction of sp³-hybridized carbons (Fsp3) is 0.0417. The van der Waals surface area contributed by atoms with E-state index < -0.39 is 0 Å². The first-order valence-corrected chi connectivity index (χ1v) is 37.1. The van der Waals surface area contributed by atoms with Crippen LogP contribution < -0.4 is 36.0 Å². The molecule has 0 atom stereocenters. The first-order valence-electron chi connectivity index (χ1n) is 36.7. The van der Waals surface area contributed by atoms with Gasteiger partial charge in [-0.2, -0.15) is 0 Å². The molecule has 0 fully saturated rings. The lowest BCUT2D eigenvalue weighted by Gasteiger charge is -2.44. The third-order valence-electron chi connectivity index (χ3n) is 21.1. The van der Waals surface area contributed by atoms with Gasteiger partial charge in [-0.3, -0.25) is 19.1 Å². The summed E-state index contributed by atoms with van der Waals surface area (Å²) in [5, 5.41) is 5.43. The lowest BCUT2D eigenvalue weighted by Crippen LogP contribution is -2.62. The molecule has 2 aliphatic rings. The molecule has 0 unspecified atom stereocenters. The molecule has 0 radical (unpaired) electrons. The van der Waals surface area contributed by atoms with Crippen molar-refractivity contribution >= 4 is 124 Å². The number of pyridine rings is 4. The largest absolute Gasteiger partial charge is 0.338 e. The van der Waals surface area contributed by atoms with E-state index in [1.165, 1.54) is 77.6 Å². The maximum atomic E-state index is 7.65. The highest BCUT2D eigenvalue weighted by atomic mass is 35.5. The Morgan fingerprint density at radius 3 is 1.28 bits per heavy atom. The molecule has 0 bridgehead atoms. The number of halogens is 1. The monoisotopic (exact) mass is 1410 g/mol. The third-order valence-corrected chi connectivity index (χ3v) is 21.5. The predicted molar refractivity (Wildman–Crippen MR) is 448 cm³/mol. The van der Waals surface area contributed by atoms with Gasteiger partial charge in [0.25, 0.3) is 6.71 Å². The summed E-state index contributed by atoms with van der Waals surface area (Å²) >= 11 is 7.65. The number of hydrogen-bond acceptors (Lipinski definition) is 8. The lowest BCUT2D eigenvalue weighted by atomic mass is 9.33. The van der Waals surface area contributed by atoms with Crippen molar-refractivity contribution in [2.45, 2.75) is 26.2 Å². The van der Waals surface area contributed by atoms with Gasteiger partial charge in [-0.1, -0.05) is 230 Å². The number of benzene rings is 12. The van der Waals surface area contributed by atoms with E-state index in [-0.39, 0.29) is 6.71 Å². The summed E-state index contributed by atoms with van der Waals surface area (Å²) in [7, 11) is 0. The summed E-state index contributed by atoms with van der Waals surface area (Å²) in [6.07, 6.45) is 7.44. The van der Waals surface area contributed by atoms with Gasteiger partial charge in [0, 0.05) is 112 Å². The number of rotatable bonds is 16. The Labute approximate surface area is 632 Å². The molecule has 514 valence electrons. The third kappa shape index (κ3) is 12.1. The van der Waals surface area contributed by atoms with Crippen molar-refractivity contribution in [2.24, 2.45) is 0 Å². The van der Waals surface area contributed by atoms with Crippen LogP contribution in [0.2, 0.25) is 5.02 Å². The van der Waals surface area contributed by atoms with Crippen LogP contribution in [0.1, 0.15) is 22.3 Å². The number of para-hydroxylation sites is 2. The molecule has 2 aliphatic heterocycles. The van der Waals surface area contributed by atoms with Crippen molar-refractivity contribution in [3.05, 3.63) is 404 Å². The molecular weight excluding hydrogens is 1340 g/mol. The Bertz CT molecular complexity index is 6270. The van der Waals surface area contributed by atoms with Crippen molar-refractivity contribution in [3.8, 4) is 34.2 Å². The molecule has 10 nitrogen and oxygen atoms in total. The molecule has 8 heterocycles. The number of hydrogen-bond donors (Lipinski definition) is 0. The zero-order valence-corrected chi connectivity index (χ0v) is 59.8. The fourth-order valence-corrected chi connectivity index (χ4v) is 16.5. The molecule has 0 aliphatic carbocycles. The average molecular weight is 1410 g/mol. The van der Waals surface area contributed by atoms with Crippen LogP contribution in [0, 0.1) is 0 Å². The topological polar surface area (TPSA) is 74.4 Å². The van der Waals surface area contributed by atoms with Gasteiger partial charge in [0.1, 0.15) is 11.6 Å². The van der Waals surface area contributed by atoms with Gasteiger partial charge in [-0.15, -0.1) is 0 Å². The van der Waals surface area contributed by atoms with Gasteiger partial charge in [-0.05, 0) is 178 Å². The van der Waals surface area contributed by atoms with Crippen molar-refractivity contribution in [3.63, 3.8) is 0 Å². The Morgan fingerprint density at radius 1 is 0.296 bits per heavy atom. The van der Waals surface area contributed by atoms with Gasteiger partial charge >= 0.3 is 0 Å². The second-order valence-corrected chi connectivity index (χ2v) is 27.9. The Hall–Kier alpha value is -13.6. The summed E-state index contributed by atoms with van der Waals surface area (Å²) in [6.45, 7) is 2.78. The first-order chi connectivity index (χ1) is 53.5. The normalized spacial score (nSPS) is 12.0. The zero-order chi connectivity index (χ0) is 71.9. The predicted octanol–water partition coefficient (Wildman–Crippen LogP) is 21.6. The summed E-state index contributed by atoms with van der Waals surface area (Å²) < 4.78 is 4.58. The number of fused-ring (bicyclic) bond motifs is 10. The van der Waals surface area contributed by atoms with E-state index in [0.29, 0.717) is 18.1 Å². The molecule has 20 rings (SSSR count). The van der Waals surface area contributed by atoms with E-state index in [0.717, 1.165) is 97.4 Å². The molecular formula is C96H70BClN10. The van der Waals surface area contributed by atoms with Crippen LogP contribution in [0.3, 0.4) is 0 Å². The summed E-state index contributed by atoms with van der Waals surface area (Å²) in [6, 6.07) is 125. The number of aromatic nitrogens is 6. The molecule has 0 amide bonds. The van der Waals surface area contributed by atoms with Crippen LogP contribution >= 0.6 is 11.6 Å². The average Bonchev–Trinajstić information content (AvgIpc) is 1.17. The van der Waals surface area contributed by atoms with Crippen molar-refractivity contribution in [1.29, 1.82) is 0 Å². The molecule has 12 heteroatoms. The van der Waals surface area contributed by atoms with Crippen LogP contribution in [0.5, 0.6) is 0 Å². The molecule has 12 aromatic carbocycles. The van der Waals surface area contributed by atoms with Gasteiger partial charge < -0.3 is 19.6 Å². The molecule has 0 N–H and O–H groups in total. The highest BCUT2D eigenvalue weighted by Crippen LogP contribution is 2.46. The summed E-state index contributed by atoms with van der Waals surface area (Å²) in [4.78, 5) is 28.7. The molecule has 0 saturated carbocycles. The Morgan fingerprint density at radius 2 is 0.731 bits per heavy atom. The van der Waals surface area contributed by atoms with Crippen LogP contribution in [-0.2, 0) is 26.2 Å². The van der Waals surface area contributed by atoms with Gasteiger partial charge in [-0.25, -0.2) is 9.97 Å². The standard InChI is InChI=1S/C48H34BN5.C48H36ClN5/c1-3-14-33(15-4-1)31-52-42-25-24-35(40-19-9-11-26-50-40)28-38(42)49-39-30-45-37(36-18-7-8-20-41(36)54(45)47-23-10-12-27-51-47)29-46(39)53(32-34-16-5-2-6-17-34)44-22-13-21-43(52)48(44)49;49-48-45(52(33-35-14-3-1-4-15-35)38-26-24-37(25-27-38)42-19-9-11-30-50-42)21-13-22-46(48)53(34-36-16-5-2-6-17-36)39-28-29-44-41(32-39)40-18-7-8-20-43(40)54(44)47-23-10-12-31-51-47/h1-30H,31-32H2;1-32H,33-34H2. The van der Waals surface area contributed by atoms with Crippen LogP contribution in [0.4, 0.5) is 45.5 Å². The van der Waals surface area contributed by atoms with Crippen molar-refractivity contribution in [1.82, 2.24) is 29.1 Å². The highest BCUT2D eigenvalue weighted by Gasteiger charge is 2.43. The smallest absolute Gasteiger partial charge is 0.252 e. The summed E-state index contributed by atoms with van der Waals surface area (Å²) in [5.41, 5.74) is 26.3. The van der Waals surface area contributed by atoms with Gasteiger partial charge in [0.2, 0.25) is 0 Å².